The SMILES string of the molecule is C[C@@H]1CCC[C@H]2C(=O)N(c3cccc(C(=O)O)c3)C(=O)[C@H]12. The lowest BCUT2D eigenvalue weighted by Crippen LogP contribution is -2.32. The zero-order valence-electron chi connectivity index (χ0n) is 11.8. The molecule has 2 fully saturated rings. The number of aromatic carboxylic acids is 1. The topological polar surface area (TPSA) is 74.7 Å². The number of imide groups is 1. The molecule has 0 aromatic heterocycles. The Hall–Kier alpha value is -2.17. The summed E-state index contributed by atoms with van der Waals surface area (Å²) in [4.78, 5) is 37.4. The molecular formula is C16H17NO4. The predicted molar refractivity (Wildman–Crippen MR) is 75.9 cm³/mol. The number of carboxylic acid groups (broad SMARTS) is 1. The predicted octanol–water partition coefficient (Wildman–Crippen LogP) is 2.31. The first-order valence-corrected chi connectivity index (χ1v) is 7.22. The summed E-state index contributed by atoms with van der Waals surface area (Å²) in [5.74, 6) is -1.72. The number of nitrogens with zero attached hydrogens (tertiary/aromatic N) is 1. The van der Waals surface area contributed by atoms with E-state index in [1.54, 1.807) is 12.1 Å². The number of benzene rings is 1. The molecule has 110 valence electrons. The highest BCUT2D eigenvalue weighted by molar-refractivity contribution is 6.22. The van der Waals surface area contributed by atoms with E-state index in [0.717, 1.165) is 19.3 Å². The van der Waals surface area contributed by atoms with Crippen LogP contribution in [0.2, 0.25) is 0 Å². The molecule has 21 heavy (non-hydrogen) atoms. The van der Waals surface area contributed by atoms with Gasteiger partial charge in [-0.3, -0.25) is 14.5 Å². The summed E-state index contributed by atoms with van der Waals surface area (Å²) in [5.41, 5.74) is 0.447. The second-order valence-corrected chi connectivity index (χ2v) is 5.91. The van der Waals surface area contributed by atoms with Gasteiger partial charge in [0, 0.05) is 0 Å². The number of rotatable bonds is 2. The first-order chi connectivity index (χ1) is 10.0. The number of anilines is 1. The van der Waals surface area contributed by atoms with Gasteiger partial charge in [0.05, 0.1) is 23.1 Å². The van der Waals surface area contributed by atoms with Gasteiger partial charge in [-0.2, -0.15) is 0 Å². The van der Waals surface area contributed by atoms with Crippen LogP contribution in [0.4, 0.5) is 5.69 Å². The molecule has 3 rings (SSSR count). The summed E-state index contributed by atoms with van der Waals surface area (Å²) in [6.07, 6.45) is 2.67. The molecule has 1 aromatic rings. The van der Waals surface area contributed by atoms with Gasteiger partial charge in [-0.25, -0.2) is 4.79 Å². The van der Waals surface area contributed by atoms with Gasteiger partial charge >= 0.3 is 5.97 Å². The lowest BCUT2D eigenvalue weighted by molar-refractivity contribution is -0.123. The van der Waals surface area contributed by atoms with Gasteiger partial charge in [0.15, 0.2) is 0 Å². The molecule has 2 amide bonds. The van der Waals surface area contributed by atoms with Crippen LogP contribution in [0.25, 0.3) is 0 Å². The van der Waals surface area contributed by atoms with Crippen LogP contribution in [0.1, 0.15) is 36.5 Å². The third-order valence-electron chi connectivity index (χ3n) is 4.62. The molecular weight excluding hydrogens is 270 g/mol. The fraction of sp³-hybridized carbons (Fsp3) is 0.438. The molecule has 1 aliphatic heterocycles. The van der Waals surface area contributed by atoms with Crippen molar-refractivity contribution in [1.29, 1.82) is 0 Å². The van der Waals surface area contributed by atoms with Crippen LogP contribution in [0, 0.1) is 17.8 Å². The Balaban J connectivity index is 1.99. The Morgan fingerprint density at radius 1 is 1.24 bits per heavy atom. The minimum atomic E-state index is -1.07. The van der Waals surface area contributed by atoms with Gasteiger partial charge in [-0.05, 0) is 37.0 Å². The average Bonchev–Trinajstić information content (AvgIpc) is 2.72. The fourth-order valence-corrected chi connectivity index (χ4v) is 3.56. The van der Waals surface area contributed by atoms with E-state index < -0.39 is 5.97 Å². The van der Waals surface area contributed by atoms with E-state index in [1.165, 1.54) is 17.0 Å². The molecule has 0 radical (unpaired) electrons. The van der Waals surface area contributed by atoms with Crippen LogP contribution < -0.4 is 4.90 Å². The smallest absolute Gasteiger partial charge is 0.335 e. The maximum atomic E-state index is 12.6. The molecule has 1 N–H and O–H groups in total. The summed E-state index contributed by atoms with van der Waals surface area (Å²) in [7, 11) is 0. The maximum Gasteiger partial charge on any atom is 0.335 e. The second-order valence-electron chi connectivity index (χ2n) is 5.91. The zero-order valence-corrected chi connectivity index (χ0v) is 11.8. The van der Waals surface area contributed by atoms with Crippen LogP contribution in [-0.2, 0) is 9.59 Å². The molecule has 1 heterocycles. The normalized spacial score (nSPS) is 28.6. The molecule has 2 aliphatic rings. The summed E-state index contributed by atoms with van der Waals surface area (Å²) >= 11 is 0. The van der Waals surface area contributed by atoms with E-state index in [-0.39, 0.29) is 35.1 Å². The number of carbonyl (C=O) groups excluding carboxylic acids is 2. The van der Waals surface area contributed by atoms with Gasteiger partial charge in [-0.15, -0.1) is 0 Å². The standard InChI is InChI=1S/C16H17NO4/c1-9-4-2-7-12-13(9)15(19)17(14(12)18)11-6-3-5-10(8-11)16(20)21/h3,5-6,8-9,12-13H,2,4,7H2,1H3,(H,20,21)/t9-,12-,13-/m1/s1. The third kappa shape index (κ3) is 2.13. The first kappa shape index (κ1) is 13.8. The first-order valence-electron chi connectivity index (χ1n) is 7.22. The van der Waals surface area contributed by atoms with Crippen molar-refractivity contribution in [3.8, 4) is 0 Å². The van der Waals surface area contributed by atoms with Crippen LogP contribution >= 0.6 is 0 Å². The lowest BCUT2D eigenvalue weighted by atomic mass is 9.74. The molecule has 1 saturated heterocycles. The molecule has 0 spiro atoms. The summed E-state index contributed by atoms with van der Waals surface area (Å²) in [6, 6.07) is 6.02. The average molecular weight is 287 g/mol. The minimum absolute atomic E-state index is 0.0796. The van der Waals surface area contributed by atoms with Crippen molar-refractivity contribution in [1.82, 2.24) is 0 Å². The van der Waals surface area contributed by atoms with Gasteiger partial charge in [0.1, 0.15) is 0 Å². The van der Waals surface area contributed by atoms with Crippen LogP contribution in [0.3, 0.4) is 0 Å². The van der Waals surface area contributed by atoms with Gasteiger partial charge in [0.25, 0.3) is 0 Å². The zero-order chi connectivity index (χ0) is 15.1. The lowest BCUT2D eigenvalue weighted by Gasteiger charge is -2.27. The molecule has 1 saturated carbocycles. The molecule has 1 aliphatic carbocycles. The van der Waals surface area contributed by atoms with E-state index in [9.17, 15) is 14.4 Å². The van der Waals surface area contributed by atoms with Crippen molar-refractivity contribution in [3.63, 3.8) is 0 Å². The summed E-state index contributed by atoms with van der Waals surface area (Å²) < 4.78 is 0. The second kappa shape index (κ2) is 4.98. The minimum Gasteiger partial charge on any atom is -0.478 e. The van der Waals surface area contributed by atoms with Gasteiger partial charge in [-0.1, -0.05) is 19.4 Å². The van der Waals surface area contributed by atoms with Gasteiger partial charge in [0.2, 0.25) is 11.8 Å². The number of hydrogen-bond donors (Lipinski definition) is 1. The Bertz CT molecular complexity index is 624. The highest BCUT2D eigenvalue weighted by Gasteiger charge is 2.51. The maximum absolute atomic E-state index is 12.6. The van der Waals surface area contributed by atoms with E-state index in [0.29, 0.717) is 5.69 Å². The molecule has 5 nitrogen and oxygen atoms in total. The van der Waals surface area contributed by atoms with Crippen molar-refractivity contribution in [2.45, 2.75) is 26.2 Å². The number of carboxylic acids is 1. The molecule has 0 unspecified atom stereocenters. The van der Waals surface area contributed by atoms with Crippen LogP contribution in [0.5, 0.6) is 0 Å². The van der Waals surface area contributed by atoms with Crippen LogP contribution in [0.15, 0.2) is 24.3 Å². The Morgan fingerprint density at radius 3 is 2.67 bits per heavy atom. The number of amides is 2. The highest BCUT2D eigenvalue weighted by Crippen LogP contribution is 2.43. The number of carbonyl (C=O) groups is 3. The van der Waals surface area contributed by atoms with E-state index in [1.807, 2.05) is 6.92 Å². The van der Waals surface area contributed by atoms with E-state index >= 15 is 0 Å². The Kier molecular flexibility index (Phi) is 3.27. The van der Waals surface area contributed by atoms with E-state index in [2.05, 4.69) is 0 Å². The Labute approximate surface area is 122 Å². The van der Waals surface area contributed by atoms with Crippen molar-refractivity contribution in [2.75, 3.05) is 4.90 Å². The van der Waals surface area contributed by atoms with Crippen molar-refractivity contribution in [3.05, 3.63) is 29.8 Å². The summed E-state index contributed by atoms with van der Waals surface area (Å²) in [5, 5.41) is 9.04. The molecule has 3 atom stereocenters. The van der Waals surface area contributed by atoms with Crippen LogP contribution in [-0.4, -0.2) is 22.9 Å². The van der Waals surface area contributed by atoms with E-state index in [4.69, 9.17) is 5.11 Å². The largest absolute Gasteiger partial charge is 0.478 e. The third-order valence-corrected chi connectivity index (χ3v) is 4.62. The molecule has 1 aromatic carbocycles. The van der Waals surface area contributed by atoms with Gasteiger partial charge < -0.3 is 5.11 Å². The highest BCUT2D eigenvalue weighted by atomic mass is 16.4. The quantitative estimate of drug-likeness (QED) is 0.847. The van der Waals surface area contributed by atoms with Crippen molar-refractivity contribution in [2.24, 2.45) is 17.8 Å². The van der Waals surface area contributed by atoms with Crippen molar-refractivity contribution >= 4 is 23.5 Å². The number of fused-ring (bicyclic) bond motifs is 1. The monoisotopic (exact) mass is 287 g/mol. The molecule has 0 bridgehead atoms. The Morgan fingerprint density at radius 2 is 2.00 bits per heavy atom. The number of hydrogen-bond acceptors (Lipinski definition) is 3. The summed E-state index contributed by atoms with van der Waals surface area (Å²) in [6.45, 7) is 2.01. The molecule has 5 heteroatoms. The van der Waals surface area contributed by atoms with Crippen molar-refractivity contribution < 1.29 is 19.5 Å². The fourth-order valence-electron chi connectivity index (χ4n) is 3.56.